The number of aromatic nitrogens is 2. The van der Waals surface area contributed by atoms with Crippen LogP contribution in [0.3, 0.4) is 0 Å². The second-order valence-electron chi connectivity index (χ2n) is 6.93. The fraction of sp³-hybridized carbons (Fsp3) is 0.444. The van der Waals surface area contributed by atoms with Gasteiger partial charge in [-0.15, -0.1) is 0 Å². The Morgan fingerprint density at radius 3 is 2.77 bits per heavy atom. The molecule has 1 aromatic rings. The van der Waals surface area contributed by atoms with E-state index in [1.807, 2.05) is 5.32 Å². The van der Waals surface area contributed by atoms with Gasteiger partial charge in [0.15, 0.2) is 5.69 Å². The van der Waals surface area contributed by atoms with E-state index in [9.17, 15) is 27.2 Å². The monoisotopic (exact) mass is 426 g/mol. The smallest absolute Gasteiger partial charge is 0.339 e. The summed E-state index contributed by atoms with van der Waals surface area (Å²) in [6.45, 7) is 1.36. The van der Waals surface area contributed by atoms with Gasteiger partial charge in [0.05, 0.1) is 30.2 Å². The molecule has 0 saturated carbocycles. The van der Waals surface area contributed by atoms with Gasteiger partial charge in [0, 0.05) is 13.1 Å². The van der Waals surface area contributed by atoms with Crippen molar-refractivity contribution in [1.82, 2.24) is 25.1 Å². The lowest BCUT2D eigenvalue weighted by Crippen LogP contribution is -2.48. The van der Waals surface area contributed by atoms with Crippen molar-refractivity contribution in [2.75, 3.05) is 6.54 Å². The van der Waals surface area contributed by atoms with E-state index in [0.717, 1.165) is 6.92 Å². The number of imidazole rings is 1. The first-order chi connectivity index (χ1) is 14.1. The highest BCUT2D eigenvalue weighted by Crippen LogP contribution is 2.22. The van der Waals surface area contributed by atoms with Crippen LogP contribution in [-0.2, 0) is 13.1 Å². The quantitative estimate of drug-likeness (QED) is 0.723. The van der Waals surface area contributed by atoms with E-state index < -0.39 is 36.0 Å². The van der Waals surface area contributed by atoms with E-state index >= 15 is 0 Å². The first-order valence-corrected chi connectivity index (χ1v) is 9.05. The van der Waals surface area contributed by atoms with Crippen molar-refractivity contribution < 1.29 is 27.2 Å². The molecular formula is C18H18F4N6O2. The van der Waals surface area contributed by atoms with Crippen LogP contribution in [0.15, 0.2) is 29.9 Å². The molecule has 2 atom stereocenters. The van der Waals surface area contributed by atoms with Gasteiger partial charge in [-0.25, -0.2) is 14.2 Å². The molecule has 0 radical (unpaired) electrons. The Morgan fingerprint density at radius 1 is 1.37 bits per heavy atom. The summed E-state index contributed by atoms with van der Waals surface area (Å²) in [7, 11) is 0. The molecule has 0 saturated heterocycles. The average Bonchev–Trinajstić information content (AvgIpc) is 3.11. The summed E-state index contributed by atoms with van der Waals surface area (Å²) in [6, 6.07) is -1.42. The van der Waals surface area contributed by atoms with E-state index in [-0.39, 0.29) is 30.8 Å². The third kappa shape index (κ3) is 4.45. The third-order valence-corrected chi connectivity index (χ3v) is 4.84. The molecule has 0 fully saturated rings. The van der Waals surface area contributed by atoms with E-state index in [0.29, 0.717) is 12.2 Å². The highest BCUT2D eigenvalue weighted by Gasteiger charge is 2.38. The maximum atomic E-state index is 13.5. The molecule has 1 aliphatic heterocycles. The number of urea groups is 1. The molecule has 3 rings (SSSR count). The predicted molar refractivity (Wildman–Crippen MR) is 95.4 cm³/mol. The minimum atomic E-state index is -4.59. The zero-order valence-electron chi connectivity index (χ0n) is 15.8. The van der Waals surface area contributed by atoms with Gasteiger partial charge in [-0.1, -0.05) is 0 Å². The topological polar surface area (TPSA) is 103 Å². The Balaban J connectivity index is 1.68. The molecule has 2 heterocycles. The number of carbonyl (C=O) groups is 2. The molecule has 2 N–H and O–H groups in total. The molecule has 1 unspecified atom stereocenters. The maximum absolute atomic E-state index is 13.5. The minimum Gasteiger partial charge on any atom is -0.339 e. The summed E-state index contributed by atoms with van der Waals surface area (Å²) >= 11 is 0. The molecular weight excluding hydrogens is 408 g/mol. The molecule has 2 aliphatic rings. The Morgan fingerprint density at radius 2 is 2.10 bits per heavy atom. The van der Waals surface area contributed by atoms with Gasteiger partial charge in [-0.2, -0.15) is 18.4 Å². The predicted octanol–water partition coefficient (Wildman–Crippen LogP) is 2.16. The second kappa shape index (κ2) is 8.17. The minimum absolute atomic E-state index is 0.0409. The van der Waals surface area contributed by atoms with Gasteiger partial charge in [0.1, 0.15) is 17.9 Å². The molecule has 30 heavy (non-hydrogen) atoms. The van der Waals surface area contributed by atoms with Crippen LogP contribution in [0.4, 0.5) is 22.4 Å². The number of nitrogens with one attached hydrogen (secondary N) is 2. The van der Waals surface area contributed by atoms with E-state index in [1.165, 1.54) is 23.4 Å². The number of hydrogen-bond donors (Lipinski definition) is 2. The molecule has 3 amide bonds. The number of nitriles is 1. The summed E-state index contributed by atoms with van der Waals surface area (Å²) in [6.07, 6.45) is -0.547. The van der Waals surface area contributed by atoms with Crippen LogP contribution in [0.1, 0.15) is 29.5 Å². The highest BCUT2D eigenvalue weighted by molar-refractivity contribution is 5.93. The fourth-order valence-electron chi connectivity index (χ4n) is 3.09. The number of amides is 3. The van der Waals surface area contributed by atoms with Crippen LogP contribution >= 0.6 is 0 Å². The molecule has 0 bridgehead atoms. The van der Waals surface area contributed by atoms with Crippen molar-refractivity contribution in [2.24, 2.45) is 0 Å². The van der Waals surface area contributed by atoms with Crippen LogP contribution in [-0.4, -0.2) is 51.2 Å². The van der Waals surface area contributed by atoms with E-state index in [1.54, 1.807) is 10.6 Å². The van der Waals surface area contributed by atoms with Gasteiger partial charge in [-0.3, -0.25) is 4.79 Å². The zero-order chi connectivity index (χ0) is 22.1. The van der Waals surface area contributed by atoms with Crippen LogP contribution in [0.2, 0.25) is 0 Å². The van der Waals surface area contributed by atoms with Gasteiger partial charge >= 0.3 is 12.2 Å². The molecule has 12 heteroatoms. The lowest BCUT2D eigenvalue weighted by molar-refractivity contribution is -0.149. The average molecular weight is 426 g/mol. The molecule has 160 valence electrons. The van der Waals surface area contributed by atoms with Gasteiger partial charge < -0.3 is 20.1 Å². The Hall–Kier alpha value is -3.36. The summed E-state index contributed by atoms with van der Waals surface area (Å²) in [4.78, 5) is 30.1. The summed E-state index contributed by atoms with van der Waals surface area (Å²) in [5, 5.41) is 13.4. The first-order valence-electron chi connectivity index (χ1n) is 9.05. The number of rotatable bonds is 3. The molecule has 0 spiro atoms. The van der Waals surface area contributed by atoms with Crippen molar-refractivity contribution in [3.05, 3.63) is 41.3 Å². The lowest BCUT2D eigenvalue weighted by atomic mass is 10.0. The van der Waals surface area contributed by atoms with Crippen LogP contribution < -0.4 is 10.6 Å². The normalized spacial score (nSPS) is 19.7. The molecule has 0 aromatic carbocycles. The molecule has 1 aromatic heterocycles. The van der Waals surface area contributed by atoms with Crippen LogP contribution in [0.5, 0.6) is 0 Å². The SMILES string of the molecule is C[C@@H](NC(=O)c1ncn2c1CN(C(=O)NC1C=C(C#N)C(F)=CC1)CC2)C(F)(F)F. The lowest BCUT2D eigenvalue weighted by Gasteiger charge is -2.30. The standard InChI is InChI=1S/C18H18F4N6O2/c1-10(18(20,21)22)25-16(29)15-14-8-27(4-5-28(14)9-24-15)17(30)26-12-2-3-13(19)11(6-12)7-23/h3,6,9-10,12H,2,4-5,8H2,1H3,(H,25,29)(H,26,30)/t10-,12?/m1/s1. The largest absolute Gasteiger partial charge is 0.408 e. The van der Waals surface area contributed by atoms with Crippen molar-refractivity contribution >= 4 is 11.9 Å². The number of hydrogen-bond acceptors (Lipinski definition) is 4. The van der Waals surface area contributed by atoms with Crippen molar-refractivity contribution in [1.29, 1.82) is 5.26 Å². The van der Waals surface area contributed by atoms with Crippen molar-refractivity contribution in [3.63, 3.8) is 0 Å². The molecule has 8 nitrogen and oxygen atoms in total. The second-order valence-corrected chi connectivity index (χ2v) is 6.93. The Kier molecular flexibility index (Phi) is 5.82. The number of halogens is 4. The summed E-state index contributed by atoms with van der Waals surface area (Å²) in [5.41, 5.74) is -0.0370. The van der Waals surface area contributed by atoms with Gasteiger partial charge in [-0.05, 0) is 25.5 Å². The first kappa shape index (κ1) is 21.4. The van der Waals surface area contributed by atoms with E-state index in [4.69, 9.17) is 5.26 Å². The van der Waals surface area contributed by atoms with E-state index in [2.05, 4.69) is 10.3 Å². The van der Waals surface area contributed by atoms with Crippen molar-refractivity contribution in [3.8, 4) is 6.07 Å². The molecule has 1 aliphatic carbocycles. The number of fused-ring (bicyclic) bond motifs is 1. The van der Waals surface area contributed by atoms with Crippen LogP contribution in [0, 0.1) is 11.3 Å². The number of allylic oxidation sites excluding steroid dienone is 2. The van der Waals surface area contributed by atoms with Gasteiger partial charge in [0.2, 0.25) is 0 Å². The maximum Gasteiger partial charge on any atom is 0.408 e. The number of nitrogens with zero attached hydrogens (tertiary/aromatic N) is 4. The third-order valence-electron chi connectivity index (χ3n) is 4.84. The van der Waals surface area contributed by atoms with Crippen molar-refractivity contribution in [2.45, 2.75) is 44.7 Å². The van der Waals surface area contributed by atoms with Gasteiger partial charge in [0.25, 0.3) is 5.91 Å². The summed E-state index contributed by atoms with van der Waals surface area (Å²) < 4.78 is 53.2. The highest BCUT2D eigenvalue weighted by atomic mass is 19.4. The van der Waals surface area contributed by atoms with Crippen LogP contribution in [0.25, 0.3) is 0 Å². The zero-order valence-corrected chi connectivity index (χ0v) is 15.8. The Labute approximate surface area is 168 Å². The fourth-order valence-corrected chi connectivity index (χ4v) is 3.09. The number of alkyl halides is 3. The number of carbonyl (C=O) groups excluding carboxylic acids is 2. The Bertz CT molecular complexity index is 959. The summed E-state index contributed by atoms with van der Waals surface area (Å²) in [5.74, 6) is -1.63.